The highest BCUT2D eigenvalue weighted by Gasteiger charge is 2.32. The molecule has 9 nitrogen and oxygen atoms in total. The van der Waals surface area contributed by atoms with E-state index in [1.54, 1.807) is 0 Å². The van der Waals surface area contributed by atoms with Gasteiger partial charge in [0.2, 0.25) is 0 Å². The molecule has 194 valence electrons. The number of nitrogens with zero attached hydrogens (tertiary/aromatic N) is 4. The zero-order chi connectivity index (χ0) is 25.9. The number of piperidine rings is 1. The molecular formula is C26H36N6O3S. The van der Waals surface area contributed by atoms with Gasteiger partial charge in [-0.3, -0.25) is 9.79 Å². The summed E-state index contributed by atoms with van der Waals surface area (Å²) in [5, 5.41) is 12.0. The van der Waals surface area contributed by atoms with E-state index >= 15 is 0 Å². The number of allylic oxidation sites excluding steroid dienone is 2. The van der Waals surface area contributed by atoms with Gasteiger partial charge in [0.1, 0.15) is 21.6 Å². The number of hydrogen-bond acceptors (Lipinski definition) is 7. The second-order valence-corrected chi connectivity index (χ2v) is 13.3. The predicted molar refractivity (Wildman–Crippen MR) is 139 cm³/mol. The Balaban J connectivity index is 1.48. The number of H-pyrrole nitrogens is 1. The summed E-state index contributed by atoms with van der Waals surface area (Å²) < 4.78 is 23.0. The molecule has 1 saturated heterocycles. The van der Waals surface area contributed by atoms with Crippen LogP contribution in [-0.2, 0) is 9.84 Å². The number of aromatic amines is 1. The maximum absolute atomic E-state index is 12.8. The first-order valence-electron chi connectivity index (χ1n) is 12.7. The van der Waals surface area contributed by atoms with Crippen LogP contribution in [-0.4, -0.2) is 72.6 Å². The molecule has 1 aromatic heterocycles. The number of nitrogens with one attached hydrogen (secondary N) is 2. The van der Waals surface area contributed by atoms with Crippen molar-refractivity contribution in [2.45, 2.75) is 58.4 Å². The number of carbonyl (C=O) groups is 1. The van der Waals surface area contributed by atoms with Gasteiger partial charge >= 0.3 is 0 Å². The number of amides is 1. The molecule has 1 unspecified atom stereocenters. The molecular weight excluding hydrogens is 476 g/mol. The fourth-order valence-corrected chi connectivity index (χ4v) is 5.70. The van der Waals surface area contributed by atoms with Crippen molar-refractivity contribution in [2.75, 3.05) is 31.6 Å². The van der Waals surface area contributed by atoms with E-state index in [9.17, 15) is 13.2 Å². The number of aliphatic imine (C=N–C) groups is 1. The van der Waals surface area contributed by atoms with Gasteiger partial charge < -0.3 is 15.2 Å². The summed E-state index contributed by atoms with van der Waals surface area (Å²) in [7, 11) is -2.96. The number of dihydropyridines is 1. The molecule has 1 fully saturated rings. The topological polar surface area (TPSA) is 131 Å². The van der Waals surface area contributed by atoms with E-state index in [0.29, 0.717) is 18.2 Å². The fourth-order valence-electron chi connectivity index (χ4n) is 5.11. The van der Waals surface area contributed by atoms with Gasteiger partial charge in [0.05, 0.1) is 29.4 Å². The van der Waals surface area contributed by atoms with Gasteiger partial charge in [-0.2, -0.15) is 5.26 Å². The fraction of sp³-hybridized carbons (Fsp3) is 0.615. The lowest BCUT2D eigenvalue weighted by Gasteiger charge is -2.36. The second kappa shape index (κ2) is 10.7. The monoisotopic (exact) mass is 512 g/mol. The summed E-state index contributed by atoms with van der Waals surface area (Å²) in [6.45, 7) is 6.89. The average Bonchev–Trinajstić information content (AvgIpc) is 3.33. The van der Waals surface area contributed by atoms with Crippen molar-refractivity contribution in [3.63, 3.8) is 0 Å². The standard InChI is InChI=1S/C26H36N6O3S/c1-26(2)10-6-19(7-11-26)23-22(31-25(33)24-28-17-20(16-27)29-24)5-4-21(30-23)18-8-12-32(13-9-18)14-15-36(3,34)35/h5-6,17-18,21H,4,7-15H2,1-3H3,(H,28,29)(H,31,33). The van der Waals surface area contributed by atoms with Crippen LogP contribution in [0.1, 0.15) is 68.7 Å². The van der Waals surface area contributed by atoms with E-state index in [2.05, 4.69) is 46.2 Å². The zero-order valence-electron chi connectivity index (χ0n) is 21.4. The molecule has 2 N–H and O–H groups in total. The summed E-state index contributed by atoms with van der Waals surface area (Å²) in [4.78, 5) is 27.0. The molecule has 0 saturated carbocycles. The molecule has 10 heteroatoms. The van der Waals surface area contributed by atoms with Crippen molar-refractivity contribution in [2.24, 2.45) is 16.3 Å². The molecule has 2 aliphatic heterocycles. The smallest absolute Gasteiger partial charge is 0.291 e. The van der Waals surface area contributed by atoms with E-state index in [-0.39, 0.29) is 34.6 Å². The van der Waals surface area contributed by atoms with Crippen LogP contribution >= 0.6 is 0 Å². The summed E-state index contributed by atoms with van der Waals surface area (Å²) >= 11 is 0. The Morgan fingerprint density at radius 1 is 1.31 bits per heavy atom. The number of carbonyl (C=O) groups excluding carboxylic acids is 1. The number of aromatic nitrogens is 2. The van der Waals surface area contributed by atoms with Crippen LogP contribution in [0, 0.1) is 22.7 Å². The Kier molecular flexibility index (Phi) is 7.81. The van der Waals surface area contributed by atoms with E-state index in [4.69, 9.17) is 10.3 Å². The van der Waals surface area contributed by atoms with Gasteiger partial charge in [-0.1, -0.05) is 26.0 Å². The first-order chi connectivity index (χ1) is 17.0. The Hall–Kier alpha value is -2.77. The second-order valence-electron chi connectivity index (χ2n) is 11.0. The van der Waals surface area contributed by atoms with E-state index in [1.807, 2.05) is 6.07 Å². The molecule has 0 bridgehead atoms. The normalized spacial score (nSPS) is 23.3. The van der Waals surface area contributed by atoms with Crippen molar-refractivity contribution >= 4 is 21.5 Å². The molecule has 3 aliphatic rings. The lowest BCUT2D eigenvalue weighted by atomic mass is 9.76. The molecule has 0 aromatic carbocycles. The van der Waals surface area contributed by atoms with Crippen LogP contribution < -0.4 is 5.32 Å². The third kappa shape index (κ3) is 6.71. The van der Waals surface area contributed by atoms with E-state index in [1.165, 1.54) is 18.0 Å². The number of sulfone groups is 1. The zero-order valence-corrected chi connectivity index (χ0v) is 22.2. The highest BCUT2D eigenvalue weighted by atomic mass is 32.2. The van der Waals surface area contributed by atoms with Crippen LogP contribution in [0.25, 0.3) is 0 Å². The Bertz CT molecular complexity index is 1230. The first-order valence-corrected chi connectivity index (χ1v) is 14.7. The Morgan fingerprint density at radius 3 is 2.67 bits per heavy atom. The van der Waals surface area contributed by atoms with Crippen molar-refractivity contribution in [3.05, 3.63) is 41.1 Å². The minimum atomic E-state index is -2.96. The molecule has 1 atom stereocenters. The van der Waals surface area contributed by atoms with Gasteiger partial charge in [0, 0.05) is 12.8 Å². The molecule has 4 rings (SSSR count). The van der Waals surface area contributed by atoms with Gasteiger partial charge in [-0.25, -0.2) is 13.4 Å². The van der Waals surface area contributed by atoms with Gasteiger partial charge in [0.15, 0.2) is 5.82 Å². The number of nitriles is 1. The quantitative estimate of drug-likeness (QED) is 0.577. The maximum Gasteiger partial charge on any atom is 0.291 e. The molecule has 1 amide bonds. The van der Waals surface area contributed by atoms with Crippen LogP contribution in [0.3, 0.4) is 0 Å². The van der Waals surface area contributed by atoms with Crippen LogP contribution in [0.2, 0.25) is 0 Å². The molecule has 0 spiro atoms. The number of likely N-dealkylation sites (tertiary alicyclic amines) is 1. The number of hydrogen-bond donors (Lipinski definition) is 2. The van der Waals surface area contributed by atoms with Crippen LogP contribution in [0.5, 0.6) is 0 Å². The maximum atomic E-state index is 12.8. The summed E-state index contributed by atoms with van der Waals surface area (Å²) in [6, 6.07) is 2.10. The van der Waals surface area contributed by atoms with Crippen LogP contribution in [0.4, 0.5) is 0 Å². The largest absolute Gasteiger partial charge is 0.326 e. The third-order valence-electron chi connectivity index (χ3n) is 7.50. The molecule has 3 heterocycles. The molecule has 0 radical (unpaired) electrons. The lowest BCUT2D eigenvalue weighted by Crippen LogP contribution is -2.41. The van der Waals surface area contributed by atoms with Crippen LogP contribution in [0.15, 0.2) is 34.6 Å². The Labute approximate surface area is 213 Å². The minimum absolute atomic E-state index is 0.106. The highest BCUT2D eigenvalue weighted by molar-refractivity contribution is 7.90. The minimum Gasteiger partial charge on any atom is -0.326 e. The number of imidazole rings is 1. The van der Waals surface area contributed by atoms with Gasteiger partial charge in [-0.05, 0) is 68.5 Å². The van der Waals surface area contributed by atoms with Gasteiger partial charge in [0.25, 0.3) is 5.91 Å². The summed E-state index contributed by atoms with van der Waals surface area (Å²) in [5.74, 6) is 0.344. The Morgan fingerprint density at radius 2 is 2.06 bits per heavy atom. The van der Waals surface area contributed by atoms with E-state index in [0.717, 1.165) is 57.3 Å². The molecule has 1 aliphatic carbocycles. The lowest BCUT2D eigenvalue weighted by molar-refractivity contribution is 0.0958. The summed E-state index contributed by atoms with van der Waals surface area (Å²) in [5.41, 5.74) is 3.25. The van der Waals surface area contributed by atoms with Crippen molar-refractivity contribution in [3.8, 4) is 6.07 Å². The third-order valence-corrected chi connectivity index (χ3v) is 8.43. The predicted octanol–water partition coefficient (Wildman–Crippen LogP) is 3.00. The SMILES string of the molecule is CC1(C)CC=C(C2=NC(C3CCN(CCS(C)(=O)=O)CC3)CC=C2NC(=O)c2ncc(C#N)[nH]2)CC1. The average molecular weight is 513 g/mol. The number of rotatable bonds is 7. The van der Waals surface area contributed by atoms with Crippen molar-refractivity contribution in [1.29, 1.82) is 5.26 Å². The van der Waals surface area contributed by atoms with Gasteiger partial charge in [-0.15, -0.1) is 0 Å². The molecule has 1 aromatic rings. The van der Waals surface area contributed by atoms with Crippen molar-refractivity contribution < 1.29 is 13.2 Å². The van der Waals surface area contributed by atoms with E-state index < -0.39 is 9.84 Å². The molecule has 36 heavy (non-hydrogen) atoms. The van der Waals surface area contributed by atoms with Crippen molar-refractivity contribution in [1.82, 2.24) is 20.2 Å². The summed E-state index contributed by atoms with van der Waals surface area (Å²) in [6.07, 6.45) is 12.6. The highest BCUT2D eigenvalue weighted by Crippen LogP contribution is 2.37. The first kappa shape index (κ1) is 26.3.